The minimum Gasteiger partial charge on any atom is -0.369 e. The molecule has 0 saturated carbocycles. The summed E-state index contributed by atoms with van der Waals surface area (Å²) in [6.07, 6.45) is 0. The predicted molar refractivity (Wildman–Crippen MR) is 121 cm³/mol. The lowest BCUT2D eigenvalue weighted by Crippen LogP contribution is -2.47. The summed E-state index contributed by atoms with van der Waals surface area (Å²) in [5.41, 5.74) is 2.15. The van der Waals surface area contributed by atoms with Crippen LogP contribution in [0.5, 0.6) is 0 Å². The van der Waals surface area contributed by atoms with E-state index in [1.165, 1.54) is 0 Å². The van der Waals surface area contributed by atoms with Crippen molar-refractivity contribution < 1.29 is 9.59 Å². The summed E-state index contributed by atoms with van der Waals surface area (Å²) < 4.78 is 0. The number of nitrogens with one attached hydrogen (secondary N) is 2. The van der Waals surface area contributed by atoms with Crippen molar-refractivity contribution in [2.24, 2.45) is 5.92 Å². The lowest BCUT2D eigenvalue weighted by Gasteiger charge is -2.27. The van der Waals surface area contributed by atoms with Crippen LogP contribution in [0.25, 0.3) is 0 Å². The fourth-order valence-corrected chi connectivity index (χ4v) is 3.42. The zero-order valence-corrected chi connectivity index (χ0v) is 18.5. The molecular formula is C23H30ClN3O2. The Hall–Kier alpha value is -2.53. The lowest BCUT2D eigenvalue weighted by molar-refractivity contribution is -0.118. The number of amides is 2. The van der Waals surface area contributed by atoms with Gasteiger partial charge in [0.1, 0.15) is 6.04 Å². The molecule has 0 aliphatic rings. The van der Waals surface area contributed by atoms with Crippen molar-refractivity contribution in [3.8, 4) is 0 Å². The molecule has 5 nitrogen and oxygen atoms in total. The molecule has 1 atom stereocenters. The summed E-state index contributed by atoms with van der Waals surface area (Å²) in [5, 5.41) is 6.06. The van der Waals surface area contributed by atoms with Crippen LogP contribution in [0, 0.1) is 5.92 Å². The molecule has 0 aliphatic heterocycles. The summed E-state index contributed by atoms with van der Waals surface area (Å²) >= 11 is 6.10. The van der Waals surface area contributed by atoms with Gasteiger partial charge in [-0.15, -0.1) is 0 Å². The summed E-state index contributed by atoms with van der Waals surface area (Å²) in [5.74, 6) is -0.711. The van der Waals surface area contributed by atoms with E-state index in [9.17, 15) is 9.59 Å². The maximum absolute atomic E-state index is 12.8. The van der Waals surface area contributed by atoms with Crippen molar-refractivity contribution in [1.82, 2.24) is 5.32 Å². The van der Waals surface area contributed by atoms with Crippen LogP contribution in [0.2, 0.25) is 5.02 Å². The molecule has 2 rings (SSSR count). The number of carbonyl (C=O) groups is 2. The van der Waals surface area contributed by atoms with E-state index in [4.69, 9.17) is 11.6 Å². The Morgan fingerprint density at radius 3 is 2.14 bits per heavy atom. The van der Waals surface area contributed by atoms with Crippen molar-refractivity contribution in [3.05, 3.63) is 59.1 Å². The van der Waals surface area contributed by atoms with Crippen molar-refractivity contribution in [2.75, 3.05) is 16.8 Å². The first-order valence-corrected chi connectivity index (χ1v) is 10.3. The van der Waals surface area contributed by atoms with E-state index in [-0.39, 0.29) is 17.7 Å². The second-order valence-electron chi connectivity index (χ2n) is 7.59. The molecule has 1 unspecified atom stereocenters. The van der Waals surface area contributed by atoms with Gasteiger partial charge < -0.3 is 15.5 Å². The number of hydrogen-bond acceptors (Lipinski definition) is 3. The van der Waals surface area contributed by atoms with E-state index in [2.05, 4.69) is 36.3 Å². The average molecular weight is 416 g/mol. The number of halogens is 1. The highest BCUT2D eigenvalue weighted by Gasteiger charge is 2.25. The van der Waals surface area contributed by atoms with Crippen molar-refractivity contribution in [2.45, 2.75) is 46.7 Å². The fraction of sp³-hybridized carbons (Fsp3) is 0.391. The molecule has 0 radical (unpaired) electrons. The Morgan fingerprint density at radius 2 is 1.62 bits per heavy atom. The van der Waals surface area contributed by atoms with Crippen LogP contribution < -0.4 is 15.5 Å². The van der Waals surface area contributed by atoms with Gasteiger partial charge in [0.15, 0.2) is 0 Å². The topological polar surface area (TPSA) is 61.4 Å². The molecule has 0 bridgehead atoms. The van der Waals surface area contributed by atoms with Crippen LogP contribution in [0.3, 0.4) is 0 Å². The molecular weight excluding hydrogens is 386 g/mol. The van der Waals surface area contributed by atoms with Crippen LogP contribution in [-0.4, -0.2) is 30.4 Å². The molecule has 2 aromatic rings. The maximum atomic E-state index is 12.8. The van der Waals surface area contributed by atoms with E-state index in [1.807, 2.05) is 38.1 Å². The molecule has 0 saturated heterocycles. The summed E-state index contributed by atoms with van der Waals surface area (Å²) in [7, 11) is 0. The molecule has 0 aliphatic carbocycles. The number of nitrogens with zero attached hydrogens (tertiary/aromatic N) is 1. The lowest BCUT2D eigenvalue weighted by atomic mass is 10.0. The predicted octanol–water partition coefficient (Wildman–Crippen LogP) is 4.97. The number of anilines is 2. The van der Waals surface area contributed by atoms with Gasteiger partial charge in [0.2, 0.25) is 5.91 Å². The van der Waals surface area contributed by atoms with Crippen LogP contribution in [0.1, 0.15) is 45.0 Å². The maximum Gasteiger partial charge on any atom is 0.253 e. The van der Waals surface area contributed by atoms with Crippen molar-refractivity contribution >= 4 is 34.8 Å². The van der Waals surface area contributed by atoms with E-state index in [0.717, 1.165) is 12.2 Å². The summed E-state index contributed by atoms with van der Waals surface area (Å²) in [4.78, 5) is 27.7. The Labute approximate surface area is 178 Å². The molecule has 2 aromatic carbocycles. The van der Waals surface area contributed by atoms with Gasteiger partial charge in [-0.25, -0.2) is 0 Å². The Balaban J connectivity index is 2.10. The third-order valence-electron chi connectivity index (χ3n) is 4.78. The highest BCUT2D eigenvalue weighted by atomic mass is 35.5. The van der Waals surface area contributed by atoms with Crippen molar-refractivity contribution in [1.29, 1.82) is 0 Å². The van der Waals surface area contributed by atoms with E-state index >= 15 is 0 Å². The Kier molecular flexibility index (Phi) is 8.09. The van der Waals surface area contributed by atoms with E-state index in [0.29, 0.717) is 22.3 Å². The first-order chi connectivity index (χ1) is 13.7. The Bertz CT molecular complexity index is 834. The molecule has 2 amide bonds. The van der Waals surface area contributed by atoms with Gasteiger partial charge in [-0.1, -0.05) is 37.6 Å². The van der Waals surface area contributed by atoms with Gasteiger partial charge in [-0.3, -0.25) is 9.59 Å². The van der Waals surface area contributed by atoms with Crippen molar-refractivity contribution in [3.63, 3.8) is 0 Å². The zero-order valence-electron chi connectivity index (χ0n) is 17.7. The number of carbonyl (C=O) groups excluding carboxylic acids is 2. The molecule has 156 valence electrons. The minimum absolute atomic E-state index is 0.0859. The summed E-state index contributed by atoms with van der Waals surface area (Å²) in [6.45, 7) is 11.1. The van der Waals surface area contributed by atoms with E-state index < -0.39 is 6.04 Å². The molecule has 0 aromatic heterocycles. The van der Waals surface area contributed by atoms with Gasteiger partial charge in [-0.2, -0.15) is 0 Å². The highest BCUT2D eigenvalue weighted by Crippen LogP contribution is 2.21. The largest absolute Gasteiger partial charge is 0.369 e. The average Bonchev–Trinajstić information content (AvgIpc) is 2.67. The number of benzene rings is 2. The first-order valence-electron chi connectivity index (χ1n) is 9.97. The SMILES string of the molecule is CCN(c1ccc(NC(=O)C(NC(=O)c2ccccc2Cl)C(C)C)cc1)C(C)C. The minimum atomic E-state index is -0.679. The quantitative estimate of drug-likeness (QED) is 0.640. The van der Waals surface area contributed by atoms with Crippen LogP contribution in [0.4, 0.5) is 11.4 Å². The van der Waals surface area contributed by atoms with Crippen LogP contribution in [-0.2, 0) is 4.79 Å². The normalized spacial score (nSPS) is 12.0. The van der Waals surface area contributed by atoms with Gasteiger partial charge >= 0.3 is 0 Å². The van der Waals surface area contributed by atoms with Gasteiger partial charge in [0.05, 0.1) is 10.6 Å². The zero-order chi connectivity index (χ0) is 21.6. The second-order valence-corrected chi connectivity index (χ2v) is 8.00. The standard InChI is InChI=1S/C23H30ClN3O2/c1-6-27(16(4)5)18-13-11-17(12-14-18)25-23(29)21(15(2)3)26-22(28)19-9-7-8-10-20(19)24/h7-16,21H,6H2,1-5H3,(H,25,29)(H,26,28). The highest BCUT2D eigenvalue weighted by molar-refractivity contribution is 6.33. The summed E-state index contributed by atoms with van der Waals surface area (Å²) in [6, 6.07) is 14.2. The number of rotatable bonds is 8. The van der Waals surface area contributed by atoms with Crippen LogP contribution in [0.15, 0.2) is 48.5 Å². The third kappa shape index (κ3) is 5.97. The monoisotopic (exact) mass is 415 g/mol. The van der Waals surface area contributed by atoms with Gasteiger partial charge in [-0.05, 0) is 63.1 Å². The molecule has 0 fully saturated rings. The van der Waals surface area contributed by atoms with Gasteiger partial charge in [0, 0.05) is 24.0 Å². The number of hydrogen-bond donors (Lipinski definition) is 2. The molecule has 0 spiro atoms. The second kappa shape index (κ2) is 10.3. The van der Waals surface area contributed by atoms with E-state index in [1.54, 1.807) is 24.3 Å². The fourth-order valence-electron chi connectivity index (χ4n) is 3.20. The molecule has 6 heteroatoms. The smallest absolute Gasteiger partial charge is 0.253 e. The molecule has 0 heterocycles. The molecule has 2 N–H and O–H groups in total. The molecule has 29 heavy (non-hydrogen) atoms. The third-order valence-corrected chi connectivity index (χ3v) is 5.11. The van der Waals surface area contributed by atoms with Gasteiger partial charge in [0.25, 0.3) is 5.91 Å². The first kappa shape index (κ1) is 22.8. The van der Waals surface area contributed by atoms with Crippen LogP contribution >= 0.6 is 11.6 Å². The Morgan fingerprint density at radius 1 is 1.00 bits per heavy atom.